The van der Waals surface area contributed by atoms with Crippen molar-refractivity contribution in [3.8, 4) is 6.07 Å². The molecule has 17 heavy (non-hydrogen) atoms. The minimum atomic E-state index is -0.538. The Morgan fingerprint density at radius 1 is 1.53 bits per heavy atom. The second kappa shape index (κ2) is 8.04. The minimum Gasteiger partial charge on any atom is -0.383 e. The van der Waals surface area contributed by atoms with Crippen LogP contribution in [0, 0.1) is 16.7 Å². The highest BCUT2D eigenvalue weighted by Gasteiger charge is 2.33. The Morgan fingerprint density at radius 2 is 2.18 bits per heavy atom. The standard InChI is InChI=1S/C12H23N3O2/c1-4-12(2,10-14)11(16)15(7-5-6-13)8-9-17-3/h4-5,7-10,14H2,1-3H3. The number of nitrogens with zero attached hydrogens (tertiary/aromatic N) is 2. The van der Waals surface area contributed by atoms with Crippen LogP contribution in [0.25, 0.3) is 0 Å². The maximum Gasteiger partial charge on any atom is 0.229 e. The Labute approximate surface area is 104 Å². The average Bonchev–Trinajstić information content (AvgIpc) is 2.37. The molecule has 1 amide bonds. The van der Waals surface area contributed by atoms with E-state index < -0.39 is 5.41 Å². The lowest BCUT2D eigenvalue weighted by Crippen LogP contribution is -2.47. The highest BCUT2D eigenvalue weighted by atomic mass is 16.5. The van der Waals surface area contributed by atoms with E-state index in [-0.39, 0.29) is 5.91 Å². The first kappa shape index (κ1) is 15.9. The zero-order valence-electron chi connectivity index (χ0n) is 11.0. The number of methoxy groups -OCH3 is 1. The molecule has 1 atom stereocenters. The predicted octanol–water partition coefficient (Wildman–Crippen LogP) is 0.750. The van der Waals surface area contributed by atoms with Crippen molar-refractivity contribution in [1.82, 2.24) is 4.90 Å². The summed E-state index contributed by atoms with van der Waals surface area (Å²) in [4.78, 5) is 14.0. The van der Waals surface area contributed by atoms with Crippen molar-refractivity contribution in [2.45, 2.75) is 26.7 Å². The van der Waals surface area contributed by atoms with Gasteiger partial charge < -0.3 is 15.4 Å². The van der Waals surface area contributed by atoms with Crippen LogP contribution in [-0.2, 0) is 9.53 Å². The number of carbonyl (C=O) groups excluding carboxylic acids is 1. The number of amides is 1. The summed E-state index contributed by atoms with van der Waals surface area (Å²) in [7, 11) is 1.59. The summed E-state index contributed by atoms with van der Waals surface area (Å²) in [5.74, 6) is 0.00907. The summed E-state index contributed by atoms with van der Waals surface area (Å²) in [5.41, 5.74) is 5.13. The minimum absolute atomic E-state index is 0.00907. The van der Waals surface area contributed by atoms with Crippen molar-refractivity contribution in [3.63, 3.8) is 0 Å². The first-order valence-electron chi connectivity index (χ1n) is 5.91. The van der Waals surface area contributed by atoms with Crippen LogP contribution in [0.2, 0.25) is 0 Å². The van der Waals surface area contributed by atoms with Crippen LogP contribution in [0.5, 0.6) is 0 Å². The fourth-order valence-electron chi connectivity index (χ4n) is 1.47. The molecule has 0 aromatic carbocycles. The number of hydrogen-bond acceptors (Lipinski definition) is 4. The molecule has 1 unspecified atom stereocenters. The summed E-state index contributed by atoms with van der Waals surface area (Å²) in [6, 6.07) is 2.05. The fourth-order valence-corrected chi connectivity index (χ4v) is 1.47. The van der Waals surface area contributed by atoms with Gasteiger partial charge in [-0.15, -0.1) is 0 Å². The molecule has 0 bridgehead atoms. The van der Waals surface area contributed by atoms with Gasteiger partial charge in [-0.25, -0.2) is 0 Å². The maximum atomic E-state index is 12.3. The second-order valence-electron chi connectivity index (χ2n) is 4.31. The van der Waals surface area contributed by atoms with Crippen LogP contribution in [0.3, 0.4) is 0 Å². The van der Waals surface area contributed by atoms with Gasteiger partial charge in [0.15, 0.2) is 0 Å². The van der Waals surface area contributed by atoms with Gasteiger partial charge >= 0.3 is 0 Å². The van der Waals surface area contributed by atoms with E-state index in [0.29, 0.717) is 39.1 Å². The Kier molecular flexibility index (Phi) is 7.51. The lowest BCUT2D eigenvalue weighted by molar-refractivity contribution is -0.141. The summed E-state index contributed by atoms with van der Waals surface area (Å²) < 4.78 is 4.97. The van der Waals surface area contributed by atoms with Crippen LogP contribution >= 0.6 is 0 Å². The zero-order valence-corrected chi connectivity index (χ0v) is 11.0. The number of rotatable bonds is 8. The van der Waals surface area contributed by atoms with Gasteiger partial charge in [-0.2, -0.15) is 5.26 Å². The molecule has 98 valence electrons. The van der Waals surface area contributed by atoms with E-state index in [1.165, 1.54) is 0 Å². The molecule has 0 heterocycles. The van der Waals surface area contributed by atoms with Crippen LogP contribution in [-0.4, -0.2) is 44.2 Å². The summed E-state index contributed by atoms with van der Waals surface area (Å²) in [5, 5.41) is 8.60. The van der Waals surface area contributed by atoms with Crippen LogP contribution in [0.1, 0.15) is 26.7 Å². The molecular weight excluding hydrogens is 218 g/mol. The topological polar surface area (TPSA) is 79.4 Å². The lowest BCUT2D eigenvalue weighted by Gasteiger charge is -2.32. The number of nitrogens with two attached hydrogens (primary N) is 1. The molecule has 5 nitrogen and oxygen atoms in total. The van der Waals surface area contributed by atoms with E-state index in [0.717, 1.165) is 0 Å². The maximum absolute atomic E-state index is 12.3. The quantitative estimate of drug-likeness (QED) is 0.680. The summed E-state index contributed by atoms with van der Waals surface area (Å²) in [6.45, 7) is 5.55. The molecule has 0 aromatic heterocycles. The number of carbonyl (C=O) groups is 1. The molecule has 0 saturated heterocycles. The highest BCUT2D eigenvalue weighted by Crippen LogP contribution is 2.22. The first-order chi connectivity index (χ1) is 8.05. The largest absolute Gasteiger partial charge is 0.383 e. The molecule has 2 N–H and O–H groups in total. The molecular formula is C12H23N3O2. The molecule has 0 saturated carbocycles. The van der Waals surface area contributed by atoms with Gasteiger partial charge in [0.1, 0.15) is 0 Å². The third-order valence-corrected chi connectivity index (χ3v) is 3.09. The van der Waals surface area contributed by atoms with Crippen molar-refractivity contribution in [3.05, 3.63) is 0 Å². The Morgan fingerprint density at radius 3 is 2.59 bits per heavy atom. The van der Waals surface area contributed by atoms with Gasteiger partial charge in [-0.05, 0) is 13.3 Å². The monoisotopic (exact) mass is 241 g/mol. The SMILES string of the molecule is CCC(C)(CN)C(=O)N(CCC#N)CCOC. The van der Waals surface area contributed by atoms with Gasteiger partial charge in [0.25, 0.3) is 0 Å². The van der Waals surface area contributed by atoms with Gasteiger partial charge in [-0.1, -0.05) is 6.92 Å². The van der Waals surface area contributed by atoms with Crippen LogP contribution < -0.4 is 5.73 Å². The Hall–Kier alpha value is -1.12. The van der Waals surface area contributed by atoms with Crippen molar-refractivity contribution in [2.75, 3.05) is 33.4 Å². The zero-order chi connectivity index (χ0) is 13.3. The first-order valence-corrected chi connectivity index (χ1v) is 5.91. The predicted molar refractivity (Wildman–Crippen MR) is 66.1 cm³/mol. The van der Waals surface area contributed by atoms with E-state index in [2.05, 4.69) is 6.07 Å². The molecule has 0 radical (unpaired) electrons. The van der Waals surface area contributed by atoms with Crippen molar-refractivity contribution in [2.24, 2.45) is 11.1 Å². The van der Waals surface area contributed by atoms with E-state index in [9.17, 15) is 4.79 Å². The molecule has 0 aliphatic carbocycles. The molecule has 0 spiro atoms. The molecule has 0 aromatic rings. The van der Waals surface area contributed by atoms with Crippen molar-refractivity contribution in [1.29, 1.82) is 5.26 Å². The van der Waals surface area contributed by atoms with Crippen LogP contribution in [0.15, 0.2) is 0 Å². The van der Waals surface area contributed by atoms with Gasteiger partial charge in [0, 0.05) is 26.7 Å². The molecule has 5 heteroatoms. The number of ether oxygens (including phenoxy) is 1. The van der Waals surface area contributed by atoms with Gasteiger partial charge in [0.2, 0.25) is 5.91 Å². The number of nitriles is 1. The Balaban J connectivity index is 4.66. The molecule has 0 aliphatic rings. The fraction of sp³-hybridized carbons (Fsp3) is 0.833. The molecule has 0 aliphatic heterocycles. The van der Waals surface area contributed by atoms with Crippen molar-refractivity contribution >= 4 is 5.91 Å². The normalized spacial score (nSPS) is 13.8. The third kappa shape index (κ3) is 4.72. The second-order valence-corrected chi connectivity index (χ2v) is 4.31. The van der Waals surface area contributed by atoms with E-state index in [1.807, 2.05) is 13.8 Å². The summed E-state index contributed by atoms with van der Waals surface area (Å²) in [6.07, 6.45) is 1.03. The van der Waals surface area contributed by atoms with Crippen molar-refractivity contribution < 1.29 is 9.53 Å². The van der Waals surface area contributed by atoms with E-state index >= 15 is 0 Å². The smallest absolute Gasteiger partial charge is 0.229 e. The van der Waals surface area contributed by atoms with Crippen LogP contribution in [0.4, 0.5) is 0 Å². The highest BCUT2D eigenvalue weighted by molar-refractivity contribution is 5.82. The molecule has 0 rings (SSSR count). The number of hydrogen-bond donors (Lipinski definition) is 1. The van der Waals surface area contributed by atoms with Gasteiger partial charge in [-0.3, -0.25) is 4.79 Å². The summed E-state index contributed by atoms with van der Waals surface area (Å²) >= 11 is 0. The van der Waals surface area contributed by atoms with E-state index in [1.54, 1.807) is 12.0 Å². The van der Waals surface area contributed by atoms with E-state index in [4.69, 9.17) is 15.7 Å². The average molecular weight is 241 g/mol. The third-order valence-electron chi connectivity index (χ3n) is 3.09. The van der Waals surface area contributed by atoms with Gasteiger partial charge in [0.05, 0.1) is 24.5 Å². The molecule has 0 fully saturated rings. The lowest BCUT2D eigenvalue weighted by atomic mass is 9.86. The Bertz CT molecular complexity index is 269.